The van der Waals surface area contributed by atoms with Crippen LogP contribution >= 0.6 is 0 Å². The molecule has 1 fully saturated rings. The van der Waals surface area contributed by atoms with Gasteiger partial charge >= 0.3 is 0 Å². The van der Waals surface area contributed by atoms with E-state index >= 15 is 0 Å². The molecule has 1 aliphatic carbocycles. The average molecular weight is 235 g/mol. The van der Waals surface area contributed by atoms with Gasteiger partial charge in [-0.05, 0) is 43.4 Å². The summed E-state index contributed by atoms with van der Waals surface area (Å²) in [6, 6.07) is 7.04. The van der Waals surface area contributed by atoms with Gasteiger partial charge in [0.25, 0.3) is 0 Å². The van der Waals surface area contributed by atoms with E-state index in [9.17, 15) is 4.79 Å². The predicted molar refractivity (Wildman–Crippen MR) is 72.0 cm³/mol. The van der Waals surface area contributed by atoms with Gasteiger partial charge in [0.1, 0.15) is 5.58 Å². The molecule has 1 aromatic heterocycles. The fourth-order valence-electron chi connectivity index (χ4n) is 1.90. The topological polar surface area (TPSA) is 30.2 Å². The van der Waals surface area contributed by atoms with E-state index in [1.807, 2.05) is 56.0 Å². The van der Waals surface area contributed by atoms with Gasteiger partial charge in [-0.25, -0.2) is 0 Å². The van der Waals surface area contributed by atoms with Crippen LogP contribution in [0.5, 0.6) is 0 Å². The molecule has 2 heteroatoms. The lowest BCUT2D eigenvalue weighted by Crippen LogP contribution is -1.97. The maximum Gasteiger partial charge on any atom is 0.192 e. The second-order valence-electron chi connectivity index (χ2n) is 4.09. The van der Waals surface area contributed by atoms with Gasteiger partial charge in [0, 0.05) is 12.0 Å². The molecular formula is C16H11O2. The molecule has 1 saturated carbocycles. The molecule has 2 aromatic rings. The highest BCUT2D eigenvalue weighted by molar-refractivity contribution is 5.79. The molecule has 3 rings (SSSR count). The number of hydrogen-bond acceptors (Lipinski definition) is 2. The fourth-order valence-corrected chi connectivity index (χ4v) is 1.90. The van der Waals surface area contributed by atoms with E-state index in [2.05, 4.69) is 0 Å². The summed E-state index contributed by atoms with van der Waals surface area (Å²) in [5.41, 5.74) is 1.59. The maximum atomic E-state index is 11.7. The maximum absolute atomic E-state index is 11.7. The molecule has 1 aliphatic rings. The van der Waals surface area contributed by atoms with E-state index in [0.29, 0.717) is 11.0 Å². The first-order chi connectivity index (χ1) is 8.83. The quantitative estimate of drug-likeness (QED) is 0.800. The van der Waals surface area contributed by atoms with Crippen molar-refractivity contribution in [3.05, 3.63) is 84.0 Å². The first-order valence-corrected chi connectivity index (χ1v) is 5.74. The lowest BCUT2D eigenvalue weighted by molar-refractivity contribution is 0.602. The van der Waals surface area contributed by atoms with Gasteiger partial charge in [-0.2, -0.15) is 0 Å². The third-order valence-electron chi connectivity index (χ3n) is 2.84. The number of benzene rings is 1. The Balaban J connectivity index is 1.93. The van der Waals surface area contributed by atoms with E-state index < -0.39 is 0 Å². The molecule has 0 spiro atoms. The molecule has 5 radical (unpaired) electrons. The first-order valence-electron chi connectivity index (χ1n) is 5.74. The molecule has 0 saturated heterocycles. The van der Waals surface area contributed by atoms with Crippen LogP contribution in [0.3, 0.4) is 0 Å². The third kappa shape index (κ3) is 2.23. The molecule has 1 aromatic carbocycles. The highest BCUT2D eigenvalue weighted by Crippen LogP contribution is 2.25. The molecule has 87 valence electrons. The van der Waals surface area contributed by atoms with Gasteiger partial charge < -0.3 is 4.42 Å². The van der Waals surface area contributed by atoms with Gasteiger partial charge in [0.15, 0.2) is 5.43 Å². The van der Waals surface area contributed by atoms with Gasteiger partial charge in [-0.3, -0.25) is 4.79 Å². The number of hydrogen-bond donors (Lipinski definition) is 0. The van der Waals surface area contributed by atoms with Crippen molar-refractivity contribution in [2.24, 2.45) is 0 Å². The van der Waals surface area contributed by atoms with Crippen molar-refractivity contribution in [1.82, 2.24) is 0 Å². The first kappa shape index (κ1) is 11.3. The standard InChI is InChI=1S/C16H11O2/c17-15-9-10-18-16-8-7-13(11-14(15)16)6-5-12-3-1-2-4-12/h1-11H/b6-5+. The van der Waals surface area contributed by atoms with Crippen LogP contribution in [0.15, 0.2) is 45.8 Å². The molecular weight excluding hydrogens is 224 g/mol. The lowest BCUT2D eigenvalue weighted by Gasteiger charge is -2.00. The van der Waals surface area contributed by atoms with Crippen LogP contribution < -0.4 is 5.43 Å². The number of fused-ring (bicyclic) bond motifs is 1. The van der Waals surface area contributed by atoms with E-state index in [1.54, 1.807) is 0 Å². The third-order valence-corrected chi connectivity index (χ3v) is 2.84. The van der Waals surface area contributed by atoms with E-state index in [-0.39, 0.29) is 5.43 Å². The molecule has 0 bridgehead atoms. The second-order valence-corrected chi connectivity index (χ2v) is 4.09. The summed E-state index contributed by atoms with van der Waals surface area (Å²) in [5, 5.41) is 0.613. The van der Waals surface area contributed by atoms with Crippen LogP contribution in [0.25, 0.3) is 17.0 Å². The summed E-state index contributed by atoms with van der Waals surface area (Å²) in [7, 11) is 0. The average Bonchev–Trinajstić information content (AvgIpc) is 2.90. The minimum Gasteiger partial charge on any atom is -0.464 e. The van der Waals surface area contributed by atoms with Gasteiger partial charge in [0.05, 0.1) is 11.6 Å². The van der Waals surface area contributed by atoms with E-state index in [1.165, 1.54) is 12.3 Å². The molecule has 0 atom stereocenters. The van der Waals surface area contributed by atoms with Crippen molar-refractivity contribution < 1.29 is 4.42 Å². The predicted octanol–water partition coefficient (Wildman–Crippen LogP) is 3.21. The Bertz CT molecular complexity index is 631. The Morgan fingerprint density at radius 2 is 1.83 bits per heavy atom. The Morgan fingerprint density at radius 3 is 2.67 bits per heavy atom. The van der Waals surface area contributed by atoms with Crippen molar-refractivity contribution >= 4 is 17.0 Å². The molecule has 0 amide bonds. The Hall–Kier alpha value is -1.83. The normalized spacial score (nSPS) is 16.9. The molecule has 18 heavy (non-hydrogen) atoms. The SMILES string of the molecule is O=c1ccoc2ccc(/C=C/[C]3[CH][CH][CH][CH]3)cc12. The van der Waals surface area contributed by atoms with Crippen LogP contribution in [0, 0.1) is 31.6 Å². The van der Waals surface area contributed by atoms with Gasteiger partial charge in [-0.1, -0.05) is 18.2 Å². The van der Waals surface area contributed by atoms with Crippen LogP contribution in [0.2, 0.25) is 0 Å². The fraction of sp³-hybridized carbons (Fsp3) is 0. The van der Waals surface area contributed by atoms with Crippen molar-refractivity contribution in [3.63, 3.8) is 0 Å². The Kier molecular flexibility index (Phi) is 3.01. The molecule has 0 aliphatic heterocycles. The summed E-state index contributed by atoms with van der Waals surface area (Å²) >= 11 is 0. The lowest BCUT2D eigenvalue weighted by atomic mass is 10.1. The van der Waals surface area contributed by atoms with Crippen LogP contribution in [0.1, 0.15) is 5.56 Å². The van der Waals surface area contributed by atoms with Crippen LogP contribution in [0.4, 0.5) is 0 Å². The zero-order valence-electron chi connectivity index (χ0n) is 9.67. The largest absolute Gasteiger partial charge is 0.464 e. The second kappa shape index (κ2) is 4.81. The molecule has 0 unspecified atom stereocenters. The Labute approximate surface area is 106 Å². The van der Waals surface area contributed by atoms with Crippen molar-refractivity contribution in [3.8, 4) is 0 Å². The van der Waals surface area contributed by atoms with E-state index in [4.69, 9.17) is 4.42 Å². The monoisotopic (exact) mass is 235 g/mol. The van der Waals surface area contributed by atoms with Crippen molar-refractivity contribution in [2.75, 3.05) is 0 Å². The van der Waals surface area contributed by atoms with Crippen LogP contribution in [-0.2, 0) is 0 Å². The van der Waals surface area contributed by atoms with Crippen molar-refractivity contribution in [1.29, 1.82) is 0 Å². The zero-order chi connectivity index (χ0) is 12.4. The minimum atomic E-state index is -0.0141. The molecule has 0 N–H and O–H groups in total. The summed E-state index contributed by atoms with van der Waals surface area (Å²) in [6.45, 7) is 0. The smallest absolute Gasteiger partial charge is 0.192 e. The zero-order valence-corrected chi connectivity index (χ0v) is 9.67. The Morgan fingerprint density at radius 1 is 1.00 bits per heavy atom. The minimum absolute atomic E-state index is 0.0141. The summed E-state index contributed by atoms with van der Waals surface area (Å²) in [5.74, 6) is 1.15. The van der Waals surface area contributed by atoms with Gasteiger partial charge in [0.2, 0.25) is 0 Å². The molecule has 2 nitrogen and oxygen atoms in total. The summed E-state index contributed by atoms with van der Waals surface area (Å²) in [6.07, 6.45) is 13.5. The van der Waals surface area contributed by atoms with Crippen LogP contribution in [-0.4, -0.2) is 0 Å². The summed E-state index contributed by atoms with van der Waals surface area (Å²) < 4.78 is 5.27. The van der Waals surface area contributed by atoms with E-state index in [0.717, 1.165) is 11.5 Å². The number of rotatable bonds is 2. The molecule has 1 heterocycles. The highest BCUT2D eigenvalue weighted by Gasteiger charge is 2.13. The highest BCUT2D eigenvalue weighted by atomic mass is 16.3. The number of allylic oxidation sites excluding steroid dienone is 1. The summed E-state index contributed by atoms with van der Waals surface area (Å²) in [4.78, 5) is 11.7. The van der Waals surface area contributed by atoms with Gasteiger partial charge in [-0.15, -0.1) is 0 Å². The van der Waals surface area contributed by atoms with Crippen molar-refractivity contribution in [2.45, 2.75) is 0 Å².